The van der Waals surface area contributed by atoms with Crippen LogP contribution in [-0.4, -0.2) is 35.7 Å². The molecule has 0 aliphatic carbocycles. The van der Waals surface area contributed by atoms with Gasteiger partial charge in [0.15, 0.2) is 11.6 Å². The van der Waals surface area contributed by atoms with E-state index in [1.165, 1.54) is 0 Å². The summed E-state index contributed by atoms with van der Waals surface area (Å²) in [6.07, 6.45) is 3.46. The molecule has 0 aromatic heterocycles. The number of rotatable bonds is 9. The van der Waals surface area contributed by atoms with Gasteiger partial charge in [-0.1, -0.05) is 58.0 Å². The van der Waals surface area contributed by atoms with E-state index in [1.807, 2.05) is 64.3 Å². The summed E-state index contributed by atoms with van der Waals surface area (Å²) < 4.78 is 0. The number of benzene rings is 1. The molecule has 1 aromatic carbocycles. The van der Waals surface area contributed by atoms with E-state index >= 15 is 0 Å². The molecule has 0 aliphatic rings. The van der Waals surface area contributed by atoms with E-state index in [4.69, 9.17) is 11.5 Å². The minimum absolute atomic E-state index is 0.0220. The van der Waals surface area contributed by atoms with Crippen molar-refractivity contribution in [3.05, 3.63) is 35.9 Å². The number of carbonyl (C=O) groups is 2. The molecule has 0 saturated heterocycles. The second-order valence-corrected chi connectivity index (χ2v) is 7.78. The van der Waals surface area contributed by atoms with E-state index in [-0.39, 0.29) is 35.5 Å². The second-order valence-electron chi connectivity index (χ2n) is 6.80. The maximum atomic E-state index is 11.5. The molecule has 25 heavy (non-hydrogen) atoms. The van der Waals surface area contributed by atoms with Crippen molar-refractivity contribution in [1.82, 2.24) is 0 Å². The molecule has 1 rings (SSSR count). The van der Waals surface area contributed by atoms with Crippen LogP contribution in [0.25, 0.3) is 0 Å². The Bertz CT molecular complexity index is 504. The molecule has 1 aromatic rings. The van der Waals surface area contributed by atoms with Crippen molar-refractivity contribution in [3.63, 3.8) is 0 Å². The number of Topliss-reactive ketones (excluding diaryl/α,β-unsaturated/α-hetero) is 2. The number of nitrogens with two attached hydrogens (primary N) is 2. The van der Waals surface area contributed by atoms with Crippen LogP contribution in [0, 0.1) is 11.8 Å². The Balaban J connectivity index is 0.000000477. The van der Waals surface area contributed by atoms with Gasteiger partial charge in [-0.05, 0) is 30.4 Å². The molecule has 0 heterocycles. The summed E-state index contributed by atoms with van der Waals surface area (Å²) in [6.45, 7) is 7.54. The van der Waals surface area contributed by atoms with Gasteiger partial charge in [0.25, 0.3) is 0 Å². The van der Waals surface area contributed by atoms with Gasteiger partial charge in [0.2, 0.25) is 0 Å². The maximum absolute atomic E-state index is 11.5. The van der Waals surface area contributed by atoms with Gasteiger partial charge in [0, 0.05) is 11.8 Å². The Morgan fingerprint density at radius 1 is 0.920 bits per heavy atom. The minimum atomic E-state index is -0.364. The summed E-state index contributed by atoms with van der Waals surface area (Å²) in [6, 6.07) is 9.25. The molecule has 0 fully saturated rings. The number of ketones is 2. The average molecular weight is 367 g/mol. The molecule has 0 bridgehead atoms. The molecule has 0 aliphatic heterocycles. The zero-order chi connectivity index (χ0) is 19.4. The highest BCUT2D eigenvalue weighted by Crippen LogP contribution is 2.06. The lowest BCUT2D eigenvalue weighted by Gasteiger charge is -2.12. The Kier molecular flexibility index (Phi) is 12.5. The molecular formula is C20H34N2O2S. The van der Waals surface area contributed by atoms with Crippen molar-refractivity contribution in [1.29, 1.82) is 0 Å². The van der Waals surface area contributed by atoms with Crippen LogP contribution in [-0.2, 0) is 16.0 Å². The van der Waals surface area contributed by atoms with Gasteiger partial charge >= 0.3 is 0 Å². The quantitative estimate of drug-likeness (QED) is 0.701. The van der Waals surface area contributed by atoms with Crippen molar-refractivity contribution in [2.75, 3.05) is 12.0 Å². The third kappa shape index (κ3) is 10.4. The average Bonchev–Trinajstić information content (AvgIpc) is 2.59. The van der Waals surface area contributed by atoms with E-state index in [1.54, 1.807) is 11.8 Å². The first-order valence-electron chi connectivity index (χ1n) is 8.82. The first-order valence-corrected chi connectivity index (χ1v) is 10.2. The van der Waals surface area contributed by atoms with Gasteiger partial charge in [-0.25, -0.2) is 0 Å². The summed E-state index contributed by atoms with van der Waals surface area (Å²) in [5, 5.41) is 0. The monoisotopic (exact) mass is 366 g/mol. The number of carbonyl (C=O) groups excluding carboxylic acids is 2. The molecule has 0 radical (unpaired) electrons. The Labute approximate surface area is 157 Å². The van der Waals surface area contributed by atoms with Gasteiger partial charge in [-0.2, -0.15) is 11.8 Å². The highest BCUT2D eigenvalue weighted by molar-refractivity contribution is 7.98. The first kappa shape index (κ1) is 23.8. The predicted octanol–water partition coefficient (Wildman–Crippen LogP) is 3.07. The lowest BCUT2D eigenvalue weighted by Crippen LogP contribution is -2.35. The fourth-order valence-electron chi connectivity index (χ4n) is 2.21. The summed E-state index contributed by atoms with van der Waals surface area (Å²) in [5.41, 5.74) is 12.6. The van der Waals surface area contributed by atoms with Crippen LogP contribution in [0.4, 0.5) is 0 Å². The lowest BCUT2D eigenvalue weighted by atomic mass is 9.97. The summed E-state index contributed by atoms with van der Waals surface area (Å²) in [4.78, 5) is 22.7. The van der Waals surface area contributed by atoms with E-state index in [0.29, 0.717) is 6.42 Å². The largest absolute Gasteiger partial charge is 0.321 e. The molecule has 0 spiro atoms. The van der Waals surface area contributed by atoms with Gasteiger partial charge in [0.05, 0.1) is 12.1 Å². The highest BCUT2D eigenvalue weighted by Gasteiger charge is 2.17. The second kappa shape index (κ2) is 13.1. The van der Waals surface area contributed by atoms with Crippen molar-refractivity contribution in [2.45, 2.75) is 52.6 Å². The van der Waals surface area contributed by atoms with Crippen LogP contribution in [0.2, 0.25) is 0 Å². The SMILES string of the molecule is CC(C)C(=O)C(N)Cc1ccccc1.CSCCC(N)C(=O)C(C)C. The Morgan fingerprint density at radius 2 is 1.40 bits per heavy atom. The lowest BCUT2D eigenvalue weighted by molar-refractivity contribution is -0.123. The Hall–Kier alpha value is -1.17. The molecule has 0 saturated carbocycles. The summed E-state index contributed by atoms with van der Waals surface area (Å²) >= 11 is 1.73. The number of thioether (sulfide) groups is 1. The van der Waals surface area contributed by atoms with Crippen molar-refractivity contribution in [2.24, 2.45) is 23.3 Å². The van der Waals surface area contributed by atoms with Gasteiger partial charge in [-0.3, -0.25) is 9.59 Å². The molecule has 2 unspecified atom stereocenters. The molecule has 4 nitrogen and oxygen atoms in total. The van der Waals surface area contributed by atoms with Gasteiger partial charge < -0.3 is 11.5 Å². The number of hydrogen-bond acceptors (Lipinski definition) is 5. The molecule has 2 atom stereocenters. The third-order valence-electron chi connectivity index (χ3n) is 3.80. The van der Waals surface area contributed by atoms with Crippen LogP contribution in [0.3, 0.4) is 0 Å². The van der Waals surface area contributed by atoms with Crippen LogP contribution >= 0.6 is 11.8 Å². The minimum Gasteiger partial charge on any atom is -0.321 e. The van der Waals surface area contributed by atoms with E-state index < -0.39 is 0 Å². The van der Waals surface area contributed by atoms with Crippen molar-refractivity contribution < 1.29 is 9.59 Å². The maximum Gasteiger partial charge on any atom is 0.152 e. The number of hydrogen-bond donors (Lipinski definition) is 2. The first-order chi connectivity index (χ1) is 11.7. The topological polar surface area (TPSA) is 86.2 Å². The fraction of sp³-hybridized carbons (Fsp3) is 0.600. The van der Waals surface area contributed by atoms with E-state index in [2.05, 4.69) is 0 Å². The fourth-order valence-corrected chi connectivity index (χ4v) is 2.70. The van der Waals surface area contributed by atoms with Crippen LogP contribution in [0.5, 0.6) is 0 Å². The highest BCUT2D eigenvalue weighted by atomic mass is 32.2. The molecule has 142 valence electrons. The van der Waals surface area contributed by atoms with E-state index in [9.17, 15) is 9.59 Å². The summed E-state index contributed by atoms with van der Waals surface area (Å²) in [5.74, 6) is 1.38. The Morgan fingerprint density at radius 3 is 1.84 bits per heavy atom. The molecule has 4 N–H and O–H groups in total. The third-order valence-corrected chi connectivity index (χ3v) is 4.44. The standard InChI is InChI=1S/C12H17NO.C8H17NOS/c1-9(2)12(14)11(13)8-10-6-4-3-5-7-10;1-6(2)8(10)7(9)4-5-11-3/h3-7,9,11H,8,13H2,1-2H3;6-7H,4-5,9H2,1-3H3. The van der Waals surface area contributed by atoms with Crippen molar-refractivity contribution in [3.8, 4) is 0 Å². The van der Waals surface area contributed by atoms with Gasteiger partial charge in [0.1, 0.15) is 0 Å². The smallest absolute Gasteiger partial charge is 0.152 e. The molecule has 5 heteroatoms. The van der Waals surface area contributed by atoms with E-state index in [0.717, 1.165) is 17.7 Å². The van der Waals surface area contributed by atoms with Crippen LogP contribution < -0.4 is 11.5 Å². The zero-order valence-electron chi connectivity index (χ0n) is 16.2. The predicted molar refractivity (Wildman–Crippen MR) is 109 cm³/mol. The van der Waals surface area contributed by atoms with Crippen molar-refractivity contribution >= 4 is 23.3 Å². The molecular weight excluding hydrogens is 332 g/mol. The van der Waals surface area contributed by atoms with Crippen LogP contribution in [0.1, 0.15) is 39.7 Å². The summed E-state index contributed by atoms with van der Waals surface area (Å²) in [7, 11) is 0. The zero-order valence-corrected chi connectivity index (χ0v) is 17.0. The van der Waals surface area contributed by atoms with Crippen LogP contribution in [0.15, 0.2) is 30.3 Å². The molecule has 0 amide bonds. The normalized spacial score (nSPS) is 13.2. The van der Waals surface area contributed by atoms with Gasteiger partial charge in [-0.15, -0.1) is 0 Å².